The van der Waals surface area contributed by atoms with Crippen LogP contribution in [-0.2, 0) is 37.9 Å². The third-order valence-electron chi connectivity index (χ3n) is 17.2. The minimum absolute atomic E-state index is 0.0970. The second-order valence-electron chi connectivity index (χ2n) is 20.4. The molecule has 5 heterocycles. The van der Waals surface area contributed by atoms with E-state index in [1.807, 2.05) is 6.92 Å². The largest absolute Gasteiger partial charge is 0.393 e. The van der Waals surface area contributed by atoms with Gasteiger partial charge in [0.1, 0.15) is 61.0 Å². The second-order valence-corrected chi connectivity index (χ2v) is 20.4. The molecule has 18 heteroatoms. The Balaban J connectivity index is 0.994. The van der Waals surface area contributed by atoms with Gasteiger partial charge in [-0.05, 0) is 68.1 Å². The highest BCUT2D eigenvalue weighted by Gasteiger charge is 2.72. The maximum atomic E-state index is 11.4. The molecule has 3 saturated carbocycles. The number of hydrogen-bond acceptors (Lipinski definition) is 18. The van der Waals surface area contributed by atoms with Gasteiger partial charge in [-0.15, -0.1) is 0 Å². The zero-order chi connectivity index (χ0) is 43.7. The Kier molecular flexibility index (Phi) is 12.2. The normalized spacial score (nSPS) is 59.6. The van der Waals surface area contributed by atoms with Crippen LogP contribution in [0.25, 0.3) is 0 Å². The molecule has 0 unspecified atom stereocenters. The first-order chi connectivity index (χ1) is 28.8. The van der Waals surface area contributed by atoms with E-state index in [9.17, 15) is 51.1 Å². The van der Waals surface area contributed by atoms with Gasteiger partial charge in [0, 0.05) is 23.7 Å². The molecule has 4 aliphatic carbocycles. The monoisotopic (exact) mass is 872 g/mol. The molecule has 18 nitrogen and oxygen atoms in total. The van der Waals surface area contributed by atoms with E-state index >= 15 is 0 Å². The van der Waals surface area contributed by atoms with E-state index < -0.39 is 116 Å². The fourth-order valence-electron chi connectivity index (χ4n) is 13.7. The molecule has 0 aromatic rings. The molecule has 0 amide bonds. The maximum Gasteiger partial charge on any atom is 0.200 e. The summed E-state index contributed by atoms with van der Waals surface area (Å²) in [5.41, 5.74) is 0.334. The highest BCUT2D eigenvalue weighted by molar-refractivity contribution is 5.29. The number of hydrogen-bond donors (Lipinski definition) is 10. The van der Waals surface area contributed by atoms with Gasteiger partial charge in [0.2, 0.25) is 0 Å². The summed E-state index contributed by atoms with van der Waals surface area (Å²) in [5.74, 6) is -0.948. The van der Waals surface area contributed by atoms with Crippen LogP contribution in [0.3, 0.4) is 0 Å². The summed E-state index contributed by atoms with van der Waals surface area (Å²) in [5, 5.41) is 109. The van der Waals surface area contributed by atoms with E-state index in [2.05, 4.69) is 26.8 Å². The summed E-state index contributed by atoms with van der Waals surface area (Å²) >= 11 is 0. The maximum absolute atomic E-state index is 11.4. The quantitative estimate of drug-likeness (QED) is 0.135. The van der Waals surface area contributed by atoms with Gasteiger partial charge in [-0.3, -0.25) is 0 Å². The fraction of sp³-hybridized carbons (Fsp3) is 0.953. The number of allylic oxidation sites excluding steroid dienone is 1. The van der Waals surface area contributed by atoms with E-state index in [0.717, 1.165) is 31.3 Å². The van der Waals surface area contributed by atoms with Crippen molar-refractivity contribution in [3.05, 3.63) is 11.6 Å². The van der Waals surface area contributed by atoms with Gasteiger partial charge in [0.05, 0.1) is 50.3 Å². The van der Waals surface area contributed by atoms with Gasteiger partial charge in [-0.1, -0.05) is 39.3 Å². The molecule has 9 rings (SSSR count). The summed E-state index contributed by atoms with van der Waals surface area (Å²) in [6.45, 7) is 9.58. The zero-order valence-corrected chi connectivity index (χ0v) is 35.5. The van der Waals surface area contributed by atoms with Gasteiger partial charge < -0.3 is 89.0 Å². The third-order valence-corrected chi connectivity index (χ3v) is 17.2. The molecule has 5 saturated heterocycles. The molecule has 1 spiro atoms. The van der Waals surface area contributed by atoms with Gasteiger partial charge in [-0.25, -0.2) is 0 Å². The number of ether oxygens (including phenoxy) is 8. The van der Waals surface area contributed by atoms with Crippen LogP contribution in [0.15, 0.2) is 11.6 Å². The predicted molar refractivity (Wildman–Crippen MR) is 206 cm³/mol. The average molecular weight is 873 g/mol. The molecular formula is C43H68O18. The van der Waals surface area contributed by atoms with Crippen LogP contribution in [-0.4, -0.2) is 187 Å². The van der Waals surface area contributed by atoms with Gasteiger partial charge in [0.25, 0.3) is 0 Å². The summed E-state index contributed by atoms with van der Waals surface area (Å²) in [6.07, 6.45) is -16.6. The number of aliphatic hydroxyl groups excluding tert-OH is 10. The average Bonchev–Trinajstić information content (AvgIpc) is 3.68. The van der Waals surface area contributed by atoms with Crippen LogP contribution in [0.5, 0.6) is 0 Å². The van der Waals surface area contributed by atoms with Crippen molar-refractivity contribution in [1.29, 1.82) is 0 Å². The highest BCUT2D eigenvalue weighted by atomic mass is 16.8. The molecule has 0 bridgehead atoms. The summed E-state index contributed by atoms with van der Waals surface area (Å²) in [6, 6.07) is 0. The zero-order valence-electron chi connectivity index (χ0n) is 35.5. The Labute approximate surface area is 355 Å². The highest BCUT2D eigenvalue weighted by Crippen LogP contribution is 2.71. The Morgan fingerprint density at radius 2 is 1.38 bits per heavy atom. The molecule has 0 aromatic heterocycles. The minimum Gasteiger partial charge on any atom is -0.393 e. The lowest BCUT2D eigenvalue weighted by atomic mass is 9.46. The van der Waals surface area contributed by atoms with Crippen LogP contribution in [0.4, 0.5) is 0 Å². The van der Waals surface area contributed by atoms with Crippen molar-refractivity contribution in [3.8, 4) is 0 Å². The van der Waals surface area contributed by atoms with Crippen LogP contribution < -0.4 is 0 Å². The second kappa shape index (κ2) is 16.4. The van der Waals surface area contributed by atoms with E-state index in [4.69, 9.17) is 37.9 Å². The van der Waals surface area contributed by atoms with E-state index in [-0.39, 0.29) is 66.7 Å². The summed E-state index contributed by atoms with van der Waals surface area (Å²) in [7, 11) is 0. The van der Waals surface area contributed by atoms with Crippen molar-refractivity contribution >= 4 is 0 Å². The number of aliphatic hydroxyl groups is 10. The Morgan fingerprint density at radius 3 is 2.13 bits per heavy atom. The first kappa shape index (κ1) is 45.2. The molecule has 0 aromatic carbocycles. The van der Waals surface area contributed by atoms with Crippen molar-refractivity contribution in [2.75, 3.05) is 19.8 Å². The molecule has 61 heavy (non-hydrogen) atoms. The van der Waals surface area contributed by atoms with Gasteiger partial charge in [0.15, 0.2) is 24.7 Å². The third kappa shape index (κ3) is 7.05. The predicted octanol–water partition coefficient (Wildman–Crippen LogP) is -1.60. The van der Waals surface area contributed by atoms with Crippen LogP contribution in [0.1, 0.15) is 73.1 Å². The lowest BCUT2D eigenvalue weighted by molar-refractivity contribution is -0.382. The molecule has 8 fully saturated rings. The SMILES string of the molecule is C[C@@H]1O[C@@H](O[C@H]2[C@H](O[C@@H]3C[C@H](O)CC4=CC[C@H]5[C@@H]6C[C@@H]7O[C@@]8(OC[C@H](C)[C@H](O)[C@@H]8O)[C@@H](C)[C@@H]7[C@@]6(C)CC[C@@H]5[C@]43C)OC[C@H](O)[C@@H]2O[C@@H]2OC[C@H](O)[C@H](O)[C@H]2O)[C@H](O)[C@H](O)[C@H]1O. The van der Waals surface area contributed by atoms with Crippen molar-refractivity contribution in [3.63, 3.8) is 0 Å². The van der Waals surface area contributed by atoms with Crippen molar-refractivity contribution in [1.82, 2.24) is 0 Å². The van der Waals surface area contributed by atoms with E-state index in [0.29, 0.717) is 13.0 Å². The van der Waals surface area contributed by atoms with Crippen LogP contribution in [0.2, 0.25) is 0 Å². The van der Waals surface area contributed by atoms with Crippen molar-refractivity contribution in [2.24, 2.45) is 46.3 Å². The Hall–Kier alpha value is -0.980. The smallest absolute Gasteiger partial charge is 0.200 e. The Bertz CT molecular complexity index is 1620. The van der Waals surface area contributed by atoms with E-state index in [1.54, 1.807) is 0 Å². The first-order valence-corrected chi connectivity index (χ1v) is 22.5. The standard InChI is InChI=1S/C43H68O18/c1-16-13-56-43(37(53)29(16)47)17(2)28-26(61-43)12-23-21-7-6-19-10-20(44)11-27(42(19,5)22(21)8-9-41(23,28)4)58-40-36(60-39-34(52)32(50)30(48)18(3)57-39)35(25(46)15-55-40)59-38-33(51)31(49)24(45)14-54-38/h6,16-18,20-40,44-53H,7-15H2,1-5H3/t16-,17-,18-,20+,21+,22-,23-,24-,25-,26-,27+,28-,29-,30-,31-,32+,33+,34+,35-,36+,37-,38-,39-,40-,41-,42-,43-/m0/s1. The molecular weight excluding hydrogens is 804 g/mol. The summed E-state index contributed by atoms with van der Waals surface area (Å²) < 4.78 is 50.0. The lowest BCUT2D eigenvalue weighted by Crippen LogP contribution is -2.65. The number of fused-ring (bicyclic) bond motifs is 7. The van der Waals surface area contributed by atoms with Crippen LogP contribution in [0, 0.1) is 46.3 Å². The molecule has 9 aliphatic rings. The minimum atomic E-state index is -1.74. The van der Waals surface area contributed by atoms with Gasteiger partial charge in [-0.2, -0.15) is 0 Å². The Morgan fingerprint density at radius 1 is 0.689 bits per heavy atom. The topological polar surface area (TPSA) is 276 Å². The molecule has 0 radical (unpaired) electrons. The number of rotatable bonds is 6. The van der Waals surface area contributed by atoms with Gasteiger partial charge >= 0.3 is 0 Å². The van der Waals surface area contributed by atoms with E-state index in [1.165, 1.54) is 6.92 Å². The molecule has 27 atom stereocenters. The lowest BCUT2D eigenvalue weighted by Gasteiger charge is -2.60. The molecule has 5 aliphatic heterocycles. The fourth-order valence-corrected chi connectivity index (χ4v) is 13.7. The van der Waals surface area contributed by atoms with Crippen molar-refractivity contribution in [2.45, 2.75) is 189 Å². The summed E-state index contributed by atoms with van der Waals surface area (Å²) in [4.78, 5) is 0. The van der Waals surface area contributed by atoms with Crippen LogP contribution >= 0.6 is 0 Å². The molecule has 10 N–H and O–H groups in total. The first-order valence-electron chi connectivity index (χ1n) is 22.5. The molecule has 348 valence electrons. The van der Waals surface area contributed by atoms with Crippen molar-refractivity contribution < 1.29 is 89.0 Å².